The third-order valence-corrected chi connectivity index (χ3v) is 9.56. The molecule has 0 aliphatic carbocycles. The van der Waals surface area contributed by atoms with Gasteiger partial charge in [0.1, 0.15) is 9.88 Å². The smallest absolute Gasteiger partial charge is 0.340 e. The van der Waals surface area contributed by atoms with Gasteiger partial charge < -0.3 is 19.9 Å². The quantitative estimate of drug-likeness (QED) is 0.121. The van der Waals surface area contributed by atoms with Crippen molar-refractivity contribution in [3.05, 3.63) is 90.6 Å². The summed E-state index contributed by atoms with van der Waals surface area (Å²) in [6, 6.07) is 16.2. The molecule has 0 radical (unpaired) electrons. The molecule has 1 amide bonds. The van der Waals surface area contributed by atoms with E-state index in [0.717, 1.165) is 21.8 Å². The van der Waals surface area contributed by atoms with Crippen LogP contribution in [-0.2, 0) is 11.2 Å². The minimum absolute atomic E-state index is 0.0488. The number of benzene rings is 2. The Morgan fingerprint density at radius 1 is 1.07 bits per heavy atom. The Kier molecular flexibility index (Phi) is 8.31. The van der Waals surface area contributed by atoms with Crippen molar-refractivity contribution in [2.45, 2.75) is 6.42 Å². The van der Waals surface area contributed by atoms with Crippen LogP contribution >= 0.6 is 46.5 Å². The first kappa shape index (κ1) is 28.0. The number of carbonyl (C=O) groups excluding carboxylic acids is 2. The predicted molar refractivity (Wildman–Crippen MR) is 162 cm³/mol. The fourth-order valence-electron chi connectivity index (χ4n) is 4.42. The Labute approximate surface area is 248 Å². The average Bonchev–Trinajstić information content (AvgIpc) is 3.52. The van der Waals surface area contributed by atoms with Gasteiger partial charge in [-0.15, -0.1) is 22.7 Å². The van der Waals surface area contributed by atoms with Crippen molar-refractivity contribution in [3.8, 4) is 0 Å². The summed E-state index contributed by atoms with van der Waals surface area (Å²) in [5, 5.41) is 16.3. The number of rotatable bonds is 6. The van der Waals surface area contributed by atoms with Crippen molar-refractivity contribution < 1.29 is 19.2 Å². The highest BCUT2D eigenvalue weighted by molar-refractivity contribution is 7.80. The van der Waals surface area contributed by atoms with E-state index in [0.29, 0.717) is 68.3 Å². The van der Waals surface area contributed by atoms with Gasteiger partial charge in [-0.25, -0.2) is 4.79 Å². The number of thiophene rings is 2. The Hall–Kier alpha value is -3.58. The van der Waals surface area contributed by atoms with Crippen LogP contribution in [0.15, 0.2) is 54.6 Å². The number of esters is 1. The Balaban J connectivity index is 1.25. The van der Waals surface area contributed by atoms with Crippen LogP contribution in [0.5, 0.6) is 0 Å². The maximum Gasteiger partial charge on any atom is 0.340 e. The molecule has 1 aliphatic heterocycles. The van der Waals surface area contributed by atoms with Crippen LogP contribution in [0.4, 0.5) is 10.7 Å². The van der Waals surface area contributed by atoms with Gasteiger partial charge in [0.2, 0.25) is 0 Å². The fourth-order valence-corrected chi connectivity index (χ4v) is 7.36. The number of nitrogens with one attached hydrogen (secondary N) is 1. The maximum absolute atomic E-state index is 13.3. The lowest BCUT2D eigenvalue weighted by atomic mass is 10.1. The highest BCUT2D eigenvalue weighted by Gasteiger charge is 2.28. The van der Waals surface area contributed by atoms with Gasteiger partial charge >= 0.3 is 5.97 Å². The summed E-state index contributed by atoms with van der Waals surface area (Å²) in [5.41, 5.74) is 1.51. The lowest BCUT2D eigenvalue weighted by Crippen LogP contribution is -2.51. The van der Waals surface area contributed by atoms with Gasteiger partial charge in [-0.2, -0.15) is 0 Å². The largest absolute Gasteiger partial charge is 0.465 e. The number of hydrogen-bond acceptors (Lipinski definition) is 8. The van der Waals surface area contributed by atoms with E-state index in [1.807, 2.05) is 41.3 Å². The number of piperazine rings is 1. The Morgan fingerprint density at radius 3 is 2.45 bits per heavy atom. The summed E-state index contributed by atoms with van der Waals surface area (Å²) in [6.45, 7) is 1.81. The number of fused-ring (bicyclic) bond motifs is 1. The molecular formula is C27H23ClN4O5S3. The third kappa shape index (κ3) is 5.80. The molecule has 3 heterocycles. The highest BCUT2D eigenvalue weighted by Crippen LogP contribution is 2.38. The molecule has 4 aromatic rings. The number of carbonyl (C=O) groups is 2. The molecule has 1 N–H and O–H groups in total. The standard InChI is InChI=1S/C27H23ClN4O5S3/c1-37-26(34)20-15-18(13-16-5-3-2-4-6-16)39-24(20)29-27(38)31-11-9-30(10-12-31)25(33)23-22(28)19-8-7-17(32(35)36)14-21(19)40-23/h2-8,14-15H,9-13H2,1H3,(H,29,38). The van der Waals surface area contributed by atoms with E-state index < -0.39 is 10.9 Å². The second kappa shape index (κ2) is 11.9. The zero-order chi connectivity index (χ0) is 28.4. The van der Waals surface area contributed by atoms with Crippen LogP contribution in [0.25, 0.3) is 10.1 Å². The molecule has 0 unspecified atom stereocenters. The highest BCUT2D eigenvalue weighted by atomic mass is 35.5. The molecule has 1 fully saturated rings. The molecule has 2 aromatic carbocycles. The number of thiocarbonyl (C=S) groups is 1. The molecule has 40 heavy (non-hydrogen) atoms. The van der Waals surface area contributed by atoms with Crippen molar-refractivity contribution in [2.75, 3.05) is 38.6 Å². The van der Waals surface area contributed by atoms with Gasteiger partial charge in [0, 0.05) is 59.7 Å². The first-order valence-corrected chi connectivity index (χ1v) is 14.6. The molecule has 0 bridgehead atoms. The topological polar surface area (TPSA) is 105 Å². The van der Waals surface area contributed by atoms with Crippen LogP contribution in [-0.4, -0.2) is 65.0 Å². The molecule has 0 spiro atoms. The van der Waals surface area contributed by atoms with E-state index in [2.05, 4.69) is 5.32 Å². The summed E-state index contributed by atoms with van der Waals surface area (Å²) >= 11 is 14.8. The van der Waals surface area contributed by atoms with Crippen LogP contribution < -0.4 is 5.32 Å². The lowest BCUT2D eigenvalue weighted by molar-refractivity contribution is -0.384. The zero-order valence-electron chi connectivity index (χ0n) is 21.2. The lowest BCUT2D eigenvalue weighted by Gasteiger charge is -2.36. The molecule has 1 aliphatic rings. The Bertz CT molecular complexity index is 1610. The summed E-state index contributed by atoms with van der Waals surface area (Å²) in [4.78, 5) is 41.4. The van der Waals surface area contributed by atoms with Crippen LogP contribution in [0.2, 0.25) is 5.02 Å². The SMILES string of the molecule is COC(=O)c1cc(Cc2ccccc2)sc1NC(=S)N1CCN(C(=O)c2sc3cc([N+](=O)[O-])ccc3c2Cl)CC1. The van der Waals surface area contributed by atoms with E-state index in [-0.39, 0.29) is 11.6 Å². The first-order valence-electron chi connectivity index (χ1n) is 12.2. The predicted octanol–water partition coefficient (Wildman–Crippen LogP) is 6.06. The summed E-state index contributed by atoms with van der Waals surface area (Å²) in [6.07, 6.45) is 0.679. The van der Waals surface area contributed by atoms with E-state index >= 15 is 0 Å². The molecule has 9 nitrogen and oxygen atoms in total. The van der Waals surface area contributed by atoms with Gasteiger partial charge in [0.05, 0.1) is 22.6 Å². The van der Waals surface area contributed by atoms with E-state index in [4.69, 9.17) is 28.6 Å². The molecule has 1 saturated heterocycles. The molecule has 5 rings (SSSR count). The van der Waals surface area contributed by atoms with E-state index in [1.165, 1.54) is 30.6 Å². The van der Waals surface area contributed by atoms with Crippen LogP contribution in [0, 0.1) is 10.1 Å². The number of methoxy groups -OCH3 is 1. The van der Waals surface area contributed by atoms with Gasteiger partial charge in [-0.05, 0) is 29.9 Å². The number of anilines is 1. The number of hydrogen-bond donors (Lipinski definition) is 1. The Morgan fingerprint density at radius 2 is 1.77 bits per heavy atom. The number of amides is 1. The van der Waals surface area contributed by atoms with E-state index in [1.54, 1.807) is 11.0 Å². The molecule has 0 atom stereocenters. The van der Waals surface area contributed by atoms with Crippen LogP contribution in [0.1, 0.15) is 30.5 Å². The van der Waals surface area contributed by atoms with Gasteiger partial charge in [0.15, 0.2) is 5.11 Å². The molecule has 13 heteroatoms. The van der Waals surface area contributed by atoms with Crippen molar-refractivity contribution >= 4 is 84.3 Å². The average molecular weight is 615 g/mol. The summed E-state index contributed by atoms with van der Waals surface area (Å²) in [5.74, 6) is -0.661. The number of nitro groups is 1. The third-order valence-electron chi connectivity index (χ3n) is 6.50. The first-order chi connectivity index (χ1) is 19.2. The minimum atomic E-state index is -0.473. The molecule has 206 valence electrons. The molecule has 0 saturated carbocycles. The van der Waals surface area contributed by atoms with E-state index in [9.17, 15) is 19.7 Å². The summed E-state index contributed by atoms with van der Waals surface area (Å²) < 4.78 is 5.58. The van der Waals surface area contributed by atoms with Crippen molar-refractivity contribution in [1.82, 2.24) is 9.80 Å². The van der Waals surface area contributed by atoms with Crippen molar-refractivity contribution in [2.24, 2.45) is 0 Å². The second-order valence-corrected chi connectivity index (χ2v) is 12.0. The zero-order valence-corrected chi connectivity index (χ0v) is 24.4. The maximum atomic E-state index is 13.3. The number of ether oxygens (including phenoxy) is 1. The summed E-state index contributed by atoms with van der Waals surface area (Å²) in [7, 11) is 1.35. The van der Waals surface area contributed by atoms with Crippen molar-refractivity contribution in [1.29, 1.82) is 0 Å². The minimum Gasteiger partial charge on any atom is -0.465 e. The molecular weight excluding hydrogens is 592 g/mol. The number of nitro benzene ring substituents is 1. The van der Waals surface area contributed by atoms with Crippen molar-refractivity contribution in [3.63, 3.8) is 0 Å². The van der Waals surface area contributed by atoms with Gasteiger partial charge in [-0.3, -0.25) is 14.9 Å². The number of non-ortho nitro benzene ring substituents is 1. The second-order valence-electron chi connectivity index (χ2n) is 9.00. The van der Waals surface area contributed by atoms with Crippen LogP contribution in [0.3, 0.4) is 0 Å². The number of nitrogens with zero attached hydrogens (tertiary/aromatic N) is 3. The van der Waals surface area contributed by atoms with Gasteiger partial charge in [0.25, 0.3) is 11.6 Å². The normalized spacial score (nSPS) is 13.3. The molecule has 2 aromatic heterocycles. The monoisotopic (exact) mass is 614 g/mol. The number of halogens is 1. The van der Waals surface area contributed by atoms with Gasteiger partial charge in [-0.1, -0.05) is 41.9 Å². The fraction of sp³-hybridized carbons (Fsp3) is 0.222.